The molecule has 2 N–H and O–H groups in total. The van der Waals surface area contributed by atoms with Crippen LogP contribution in [0.1, 0.15) is 0 Å². The van der Waals surface area contributed by atoms with Crippen LogP contribution in [0.5, 0.6) is 5.75 Å². The topological polar surface area (TPSA) is 92.0 Å². The minimum absolute atomic E-state index is 0.146. The fourth-order valence-electron chi connectivity index (χ4n) is 2.90. The van der Waals surface area contributed by atoms with Crippen molar-refractivity contribution in [1.82, 2.24) is 30.3 Å². The molecule has 1 saturated heterocycles. The molecule has 4 rings (SSSR count). The minimum Gasteiger partial charge on any atom is -0.507 e. The number of aryl methyl sites for hydroxylation is 1. The van der Waals surface area contributed by atoms with Crippen LogP contribution in [0.25, 0.3) is 22.4 Å². The van der Waals surface area contributed by atoms with Crippen molar-refractivity contribution < 1.29 is 5.11 Å². The average molecular weight is 337 g/mol. The summed E-state index contributed by atoms with van der Waals surface area (Å²) in [4.78, 5) is 6.50. The molecule has 0 aliphatic carbocycles. The predicted octanol–water partition coefficient (Wildman–Crippen LogP) is 1.05. The first-order chi connectivity index (χ1) is 12.2. The number of rotatable bonds is 3. The highest BCUT2D eigenvalue weighted by Crippen LogP contribution is 2.32. The van der Waals surface area contributed by atoms with Gasteiger partial charge in [-0.25, -0.2) is 4.98 Å². The van der Waals surface area contributed by atoms with Gasteiger partial charge in [-0.15, -0.1) is 10.2 Å². The maximum atomic E-state index is 10.4. The van der Waals surface area contributed by atoms with Crippen molar-refractivity contribution in [2.75, 3.05) is 31.1 Å². The van der Waals surface area contributed by atoms with Crippen molar-refractivity contribution in [2.24, 2.45) is 7.05 Å². The highest BCUT2D eigenvalue weighted by atomic mass is 16.3. The number of nitrogens with one attached hydrogen (secondary N) is 1. The quantitative estimate of drug-likeness (QED) is 0.738. The van der Waals surface area contributed by atoms with E-state index in [4.69, 9.17) is 0 Å². The Balaban J connectivity index is 1.59. The SMILES string of the molecule is Cn1cc(-c2ccc(-c3cnc(N4CCNCC4)nn3)c(O)c2)cn1. The standard InChI is InChI=1S/C17H19N7O/c1-23-11-13(9-20-23)12-2-3-14(16(25)8-12)15-10-19-17(22-21-15)24-6-4-18-5-7-24/h2-3,8-11,18,25H,4-7H2,1H3. The van der Waals surface area contributed by atoms with Crippen molar-refractivity contribution in [3.05, 3.63) is 36.8 Å². The highest BCUT2D eigenvalue weighted by Gasteiger charge is 2.15. The molecule has 3 aromatic rings. The number of nitrogens with zero attached hydrogens (tertiary/aromatic N) is 6. The Hall–Kier alpha value is -3.00. The molecule has 0 atom stereocenters. The highest BCUT2D eigenvalue weighted by molar-refractivity contribution is 5.73. The zero-order valence-corrected chi connectivity index (χ0v) is 13.9. The van der Waals surface area contributed by atoms with E-state index < -0.39 is 0 Å². The molecule has 0 radical (unpaired) electrons. The molecule has 128 valence electrons. The van der Waals surface area contributed by atoms with Crippen LogP contribution >= 0.6 is 0 Å². The third-order valence-corrected chi connectivity index (χ3v) is 4.26. The number of benzene rings is 1. The molecule has 3 heterocycles. The summed E-state index contributed by atoms with van der Waals surface area (Å²) in [6.45, 7) is 3.57. The summed E-state index contributed by atoms with van der Waals surface area (Å²) in [6, 6.07) is 5.46. The summed E-state index contributed by atoms with van der Waals surface area (Å²) in [5.41, 5.74) is 3.00. The fraction of sp³-hybridized carbons (Fsp3) is 0.294. The van der Waals surface area contributed by atoms with E-state index in [1.807, 2.05) is 25.4 Å². The maximum absolute atomic E-state index is 10.4. The van der Waals surface area contributed by atoms with Gasteiger partial charge in [0, 0.05) is 50.6 Å². The van der Waals surface area contributed by atoms with Gasteiger partial charge in [0.15, 0.2) is 0 Å². The number of hydrogen-bond acceptors (Lipinski definition) is 7. The lowest BCUT2D eigenvalue weighted by Crippen LogP contribution is -2.44. The number of anilines is 1. The number of piperazine rings is 1. The van der Waals surface area contributed by atoms with Crippen LogP contribution in [0, 0.1) is 0 Å². The van der Waals surface area contributed by atoms with E-state index in [0.29, 0.717) is 17.2 Å². The van der Waals surface area contributed by atoms with Gasteiger partial charge in [0.1, 0.15) is 11.4 Å². The molecule has 0 amide bonds. The molecule has 1 fully saturated rings. The molecule has 25 heavy (non-hydrogen) atoms. The van der Waals surface area contributed by atoms with Crippen LogP contribution in [-0.4, -0.2) is 56.2 Å². The summed E-state index contributed by atoms with van der Waals surface area (Å²) in [5.74, 6) is 0.768. The zero-order chi connectivity index (χ0) is 17.2. The van der Waals surface area contributed by atoms with E-state index in [9.17, 15) is 5.11 Å². The number of aromatic nitrogens is 5. The molecule has 8 heteroatoms. The third-order valence-electron chi connectivity index (χ3n) is 4.26. The Bertz CT molecular complexity index is 869. The first-order valence-electron chi connectivity index (χ1n) is 8.18. The number of phenols is 1. The van der Waals surface area contributed by atoms with Crippen LogP contribution in [0.15, 0.2) is 36.8 Å². The summed E-state index contributed by atoms with van der Waals surface area (Å²) < 4.78 is 1.73. The van der Waals surface area contributed by atoms with Crippen LogP contribution in [0.3, 0.4) is 0 Å². The molecular formula is C17H19N7O. The normalized spacial score (nSPS) is 14.7. The molecular weight excluding hydrogens is 318 g/mol. The van der Waals surface area contributed by atoms with Crippen molar-refractivity contribution in [3.8, 4) is 28.1 Å². The van der Waals surface area contributed by atoms with Crippen molar-refractivity contribution in [1.29, 1.82) is 0 Å². The molecule has 0 saturated carbocycles. The Morgan fingerprint density at radius 2 is 1.92 bits per heavy atom. The van der Waals surface area contributed by atoms with Crippen LogP contribution in [0.2, 0.25) is 0 Å². The van der Waals surface area contributed by atoms with E-state index in [0.717, 1.165) is 37.3 Å². The second-order valence-corrected chi connectivity index (χ2v) is 6.02. The van der Waals surface area contributed by atoms with E-state index in [-0.39, 0.29) is 5.75 Å². The van der Waals surface area contributed by atoms with Crippen LogP contribution < -0.4 is 10.2 Å². The monoisotopic (exact) mass is 337 g/mol. The van der Waals surface area contributed by atoms with Gasteiger partial charge in [0.25, 0.3) is 0 Å². The van der Waals surface area contributed by atoms with Crippen molar-refractivity contribution >= 4 is 5.95 Å². The lowest BCUT2D eigenvalue weighted by molar-refractivity contribution is 0.477. The van der Waals surface area contributed by atoms with Gasteiger partial charge in [0.05, 0.1) is 12.4 Å². The molecule has 1 aliphatic heterocycles. The lowest BCUT2D eigenvalue weighted by atomic mass is 10.0. The molecule has 1 aromatic carbocycles. The summed E-state index contributed by atoms with van der Waals surface area (Å²) in [6.07, 6.45) is 5.32. The van der Waals surface area contributed by atoms with E-state index in [2.05, 4.69) is 30.5 Å². The van der Waals surface area contributed by atoms with E-state index in [1.165, 1.54) is 0 Å². The predicted molar refractivity (Wildman–Crippen MR) is 94.2 cm³/mol. The molecule has 0 bridgehead atoms. The fourth-order valence-corrected chi connectivity index (χ4v) is 2.90. The number of aromatic hydroxyl groups is 1. The molecule has 0 spiro atoms. The van der Waals surface area contributed by atoms with E-state index in [1.54, 1.807) is 23.1 Å². The first kappa shape index (κ1) is 15.5. The Labute approximate surface area is 145 Å². The average Bonchev–Trinajstić information content (AvgIpc) is 3.09. The van der Waals surface area contributed by atoms with Crippen LogP contribution in [0.4, 0.5) is 5.95 Å². The van der Waals surface area contributed by atoms with Gasteiger partial charge in [-0.3, -0.25) is 4.68 Å². The van der Waals surface area contributed by atoms with Gasteiger partial charge in [0.2, 0.25) is 5.95 Å². The molecule has 1 aliphatic rings. The van der Waals surface area contributed by atoms with Gasteiger partial charge >= 0.3 is 0 Å². The maximum Gasteiger partial charge on any atom is 0.245 e. The molecule has 8 nitrogen and oxygen atoms in total. The van der Waals surface area contributed by atoms with Gasteiger partial charge in [-0.2, -0.15) is 5.10 Å². The Kier molecular flexibility index (Phi) is 4.02. The number of phenolic OH excluding ortho intramolecular Hbond substituents is 1. The Morgan fingerprint density at radius 3 is 2.56 bits per heavy atom. The van der Waals surface area contributed by atoms with Crippen LogP contribution in [-0.2, 0) is 7.05 Å². The van der Waals surface area contributed by atoms with Gasteiger partial charge in [-0.05, 0) is 17.7 Å². The molecule has 0 unspecified atom stereocenters. The van der Waals surface area contributed by atoms with Crippen molar-refractivity contribution in [2.45, 2.75) is 0 Å². The number of hydrogen-bond donors (Lipinski definition) is 2. The second-order valence-electron chi connectivity index (χ2n) is 6.02. The zero-order valence-electron chi connectivity index (χ0n) is 13.9. The largest absolute Gasteiger partial charge is 0.507 e. The summed E-state index contributed by atoms with van der Waals surface area (Å²) in [7, 11) is 1.86. The smallest absolute Gasteiger partial charge is 0.245 e. The Morgan fingerprint density at radius 1 is 1.08 bits per heavy atom. The second kappa shape index (κ2) is 6.48. The summed E-state index contributed by atoms with van der Waals surface area (Å²) in [5, 5.41) is 26.3. The lowest BCUT2D eigenvalue weighted by Gasteiger charge is -2.26. The summed E-state index contributed by atoms with van der Waals surface area (Å²) >= 11 is 0. The van der Waals surface area contributed by atoms with Gasteiger partial charge < -0.3 is 15.3 Å². The minimum atomic E-state index is 0.146. The first-order valence-corrected chi connectivity index (χ1v) is 8.18. The third kappa shape index (κ3) is 3.16. The van der Waals surface area contributed by atoms with E-state index >= 15 is 0 Å². The molecule has 2 aromatic heterocycles. The van der Waals surface area contributed by atoms with Crippen molar-refractivity contribution in [3.63, 3.8) is 0 Å². The van der Waals surface area contributed by atoms with Gasteiger partial charge in [-0.1, -0.05) is 6.07 Å².